The van der Waals surface area contributed by atoms with E-state index in [0.29, 0.717) is 73.8 Å². The van der Waals surface area contributed by atoms with Gasteiger partial charge < -0.3 is 50.2 Å². The van der Waals surface area contributed by atoms with Crippen LogP contribution in [-0.2, 0) is 52.7 Å². The van der Waals surface area contributed by atoms with Gasteiger partial charge in [0.05, 0.1) is 37.5 Å². The SMILES string of the molecule is COC(=O)[C@@H]1C(=O)c2c([nH]c(Cc3[nH]c(C=O)c(C)c3CCOC(=O)CC(=O)O)c2C)[C@H]1c1[nH]c(/C=C2\NC(=O)C(C(O)CO)=C2C)c(C)c1CCC(=O)O. The number of rotatable bonds is 16. The second kappa shape index (κ2) is 16.1. The maximum Gasteiger partial charge on any atom is 0.317 e. The molecular weight excluding hydrogens is 720 g/mol. The number of hydrogen-bond donors (Lipinski definition) is 8. The summed E-state index contributed by atoms with van der Waals surface area (Å²) in [5.41, 5.74) is 6.48. The number of Topliss-reactive ketones (excluding diaryl/α,β-unsaturated/α-hetero) is 1. The molecule has 2 aliphatic rings. The first-order chi connectivity index (χ1) is 26.0. The van der Waals surface area contributed by atoms with Gasteiger partial charge in [0.2, 0.25) is 0 Å². The molecule has 0 fully saturated rings. The number of H-pyrrole nitrogens is 3. The van der Waals surface area contributed by atoms with E-state index >= 15 is 0 Å². The van der Waals surface area contributed by atoms with Gasteiger partial charge in [-0.2, -0.15) is 0 Å². The second-order valence-corrected chi connectivity index (χ2v) is 13.5. The molecule has 1 aliphatic carbocycles. The van der Waals surface area contributed by atoms with Crippen LogP contribution in [0, 0.1) is 26.7 Å². The van der Waals surface area contributed by atoms with Crippen molar-refractivity contribution in [2.75, 3.05) is 20.3 Å². The van der Waals surface area contributed by atoms with Crippen LogP contribution in [0.5, 0.6) is 0 Å². The van der Waals surface area contributed by atoms with Crippen LogP contribution < -0.4 is 5.32 Å². The Morgan fingerprint density at radius 2 is 1.56 bits per heavy atom. The summed E-state index contributed by atoms with van der Waals surface area (Å²) in [4.78, 5) is 96.4. The van der Waals surface area contributed by atoms with Gasteiger partial charge in [0.25, 0.3) is 5.91 Å². The molecule has 0 bridgehead atoms. The monoisotopic (exact) mass is 762 g/mol. The summed E-state index contributed by atoms with van der Waals surface area (Å²) in [6.45, 7) is 5.93. The number of aromatic amines is 3. The highest BCUT2D eigenvalue weighted by Crippen LogP contribution is 2.47. The summed E-state index contributed by atoms with van der Waals surface area (Å²) in [5.74, 6) is -7.56. The Balaban J connectivity index is 1.60. The van der Waals surface area contributed by atoms with Crippen molar-refractivity contribution in [2.45, 2.75) is 71.8 Å². The van der Waals surface area contributed by atoms with Crippen molar-refractivity contribution in [1.29, 1.82) is 0 Å². The minimum atomic E-state index is -1.41. The smallest absolute Gasteiger partial charge is 0.317 e. The molecule has 3 atom stereocenters. The lowest BCUT2D eigenvalue weighted by Gasteiger charge is -2.19. The van der Waals surface area contributed by atoms with Gasteiger partial charge in [0, 0.05) is 59.0 Å². The highest BCUT2D eigenvalue weighted by Gasteiger charge is 2.50. The lowest BCUT2D eigenvalue weighted by atomic mass is 9.87. The molecule has 3 aromatic rings. The first-order valence-corrected chi connectivity index (χ1v) is 17.4. The number of ketones is 1. The highest BCUT2D eigenvalue weighted by molar-refractivity contribution is 6.14. The molecule has 292 valence electrons. The van der Waals surface area contributed by atoms with Gasteiger partial charge in [-0.3, -0.25) is 33.6 Å². The molecule has 0 radical (unpaired) electrons. The number of aliphatic carboxylic acids is 2. The number of aliphatic hydroxyl groups is 2. The van der Waals surface area contributed by atoms with Crippen LogP contribution >= 0.6 is 0 Å². The van der Waals surface area contributed by atoms with Gasteiger partial charge in [0.15, 0.2) is 12.1 Å². The molecule has 0 spiro atoms. The summed E-state index contributed by atoms with van der Waals surface area (Å²) < 4.78 is 10.2. The zero-order valence-corrected chi connectivity index (χ0v) is 30.8. The normalized spacial score (nSPS) is 17.8. The third-order valence-electron chi connectivity index (χ3n) is 10.3. The lowest BCUT2D eigenvalue weighted by Crippen LogP contribution is -2.27. The van der Waals surface area contributed by atoms with Gasteiger partial charge in [-0.1, -0.05) is 0 Å². The van der Waals surface area contributed by atoms with E-state index in [9.17, 15) is 48.9 Å². The third-order valence-corrected chi connectivity index (χ3v) is 10.3. The number of aromatic nitrogens is 3. The molecule has 8 N–H and O–H groups in total. The van der Waals surface area contributed by atoms with Crippen molar-refractivity contribution in [3.05, 3.63) is 84.4 Å². The minimum absolute atomic E-state index is 0.00431. The standard InChI is InChI=1S/C38H42N4O13/c1-15-19(8-9-55-29(50)12-28(48)49)24(39-25(15)13-43)11-22-18(4)31-35(41-22)32(33(36(31)51)38(53)54-5)34-20(6-7-27(46)47)16(2)21(40-34)10-23-17(3)30(26(45)14-44)37(52)42-23/h10,13,26,32-33,39-41,44-45H,6-9,11-12,14H2,1-5H3,(H,42,52)(H,46,47)(H,48,49)/b23-10-/t26?,32-,33+/m1/s1. The highest BCUT2D eigenvalue weighted by atomic mass is 16.5. The van der Waals surface area contributed by atoms with E-state index in [-0.39, 0.29) is 49.1 Å². The van der Waals surface area contributed by atoms with E-state index in [2.05, 4.69) is 20.3 Å². The summed E-state index contributed by atoms with van der Waals surface area (Å²) in [6.07, 6.45) is 0.0710. The summed E-state index contributed by atoms with van der Waals surface area (Å²) >= 11 is 0. The number of hydrogen-bond acceptors (Lipinski definition) is 11. The van der Waals surface area contributed by atoms with Crippen LogP contribution in [0.25, 0.3) is 6.08 Å². The molecule has 1 amide bonds. The average Bonchev–Trinajstić information content (AvgIpc) is 3.87. The number of amides is 1. The van der Waals surface area contributed by atoms with Crippen molar-refractivity contribution in [3.63, 3.8) is 0 Å². The van der Waals surface area contributed by atoms with Crippen molar-refractivity contribution in [1.82, 2.24) is 20.3 Å². The number of carbonyl (C=O) groups excluding carboxylic acids is 5. The minimum Gasteiger partial charge on any atom is -0.481 e. The number of aliphatic hydroxyl groups excluding tert-OH is 2. The number of nitrogens with one attached hydrogen (secondary N) is 4. The van der Waals surface area contributed by atoms with Crippen molar-refractivity contribution in [2.24, 2.45) is 5.92 Å². The number of ether oxygens (including phenoxy) is 2. The molecule has 17 heteroatoms. The van der Waals surface area contributed by atoms with E-state index in [1.165, 1.54) is 0 Å². The van der Waals surface area contributed by atoms with Gasteiger partial charge in [-0.05, 0) is 73.6 Å². The predicted molar refractivity (Wildman–Crippen MR) is 191 cm³/mol. The Morgan fingerprint density at radius 3 is 2.18 bits per heavy atom. The molecular formula is C38H42N4O13. The van der Waals surface area contributed by atoms with Gasteiger partial charge in [-0.25, -0.2) is 0 Å². The predicted octanol–water partition coefficient (Wildman–Crippen LogP) is 1.83. The fourth-order valence-corrected chi connectivity index (χ4v) is 7.52. The number of methoxy groups -OCH3 is 1. The first kappa shape index (κ1) is 40.1. The van der Waals surface area contributed by atoms with Gasteiger partial charge >= 0.3 is 23.9 Å². The summed E-state index contributed by atoms with van der Waals surface area (Å²) in [5, 5.41) is 40.9. The number of carbonyl (C=O) groups is 7. The number of allylic oxidation sites excluding steroid dienone is 1. The number of carboxylic acid groups (broad SMARTS) is 2. The van der Waals surface area contributed by atoms with E-state index in [4.69, 9.17) is 14.6 Å². The van der Waals surface area contributed by atoms with Crippen molar-refractivity contribution >= 4 is 47.9 Å². The van der Waals surface area contributed by atoms with Crippen molar-refractivity contribution in [3.8, 4) is 0 Å². The van der Waals surface area contributed by atoms with Crippen LogP contribution in [0.2, 0.25) is 0 Å². The Hall–Kier alpha value is -6.07. The Bertz CT molecular complexity index is 2180. The van der Waals surface area contributed by atoms with Crippen LogP contribution in [-0.4, -0.2) is 104 Å². The van der Waals surface area contributed by atoms with Gasteiger partial charge in [0.1, 0.15) is 18.4 Å². The largest absolute Gasteiger partial charge is 0.481 e. The molecule has 4 heterocycles. The van der Waals surface area contributed by atoms with Crippen LogP contribution in [0.15, 0.2) is 16.8 Å². The van der Waals surface area contributed by atoms with Crippen LogP contribution in [0.4, 0.5) is 0 Å². The number of fused-ring (bicyclic) bond motifs is 1. The Kier molecular flexibility index (Phi) is 11.8. The molecule has 55 heavy (non-hydrogen) atoms. The summed E-state index contributed by atoms with van der Waals surface area (Å²) in [7, 11) is 1.16. The average molecular weight is 763 g/mol. The van der Waals surface area contributed by atoms with Crippen LogP contribution in [0.1, 0.15) is 103 Å². The molecule has 3 aromatic heterocycles. The fourth-order valence-electron chi connectivity index (χ4n) is 7.52. The van der Waals surface area contributed by atoms with Crippen LogP contribution in [0.3, 0.4) is 0 Å². The number of aldehydes is 1. The fraction of sp³-hybridized carbons (Fsp3) is 0.395. The Labute approximate surface area is 313 Å². The second-order valence-electron chi connectivity index (χ2n) is 13.5. The zero-order valence-electron chi connectivity index (χ0n) is 30.8. The van der Waals surface area contributed by atoms with E-state index in [0.717, 1.165) is 7.11 Å². The lowest BCUT2D eigenvalue weighted by molar-refractivity contribution is -0.151. The quantitative estimate of drug-likeness (QED) is 0.0588. The molecule has 1 unspecified atom stereocenters. The Morgan fingerprint density at radius 1 is 0.873 bits per heavy atom. The van der Waals surface area contributed by atoms with E-state index in [1.807, 2.05) is 0 Å². The summed E-state index contributed by atoms with van der Waals surface area (Å²) in [6, 6.07) is 0. The molecule has 5 rings (SSSR count). The molecule has 1 aliphatic heterocycles. The van der Waals surface area contributed by atoms with E-state index < -0.39 is 66.5 Å². The first-order valence-electron chi connectivity index (χ1n) is 17.4. The maximum absolute atomic E-state index is 14.2. The molecule has 0 aromatic carbocycles. The zero-order chi connectivity index (χ0) is 40.5. The number of carboxylic acids is 2. The maximum atomic E-state index is 14.2. The number of esters is 2. The topological polar surface area (TPSA) is 278 Å². The molecule has 17 nitrogen and oxygen atoms in total. The third kappa shape index (κ3) is 7.65. The molecule has 0 saturated carbocycles. The van der Waals surface area contributed by atoms with Crippen molar-refractivity contribution < 1.29 is 63.5 Å². The molecule has 0 saturated heterocycles. The van der Waals surface area contributed by atoms with Gasteiger partial charge in [-0.15, -0.1) is 0 Å². The van der Waals surface area contributed by atoms with E-state index in [1.54, 1.807) is 33.8 Å².